The van der Waals surface area contributed by atoms with Crippen LogP contribution in [-0.4, -0.2) is 196 Å². The molecule has 2 amide bonds. The van der Waals surface area contributed by atoms with Gasteiger partial charge in [0.15, 0.2) is 0 Å². The second kappa shape index (κ2) is 34.0. The van der Waals surface area contributed by atoms with Crippen LogP contribution < -0.4 is 24.2 Å². The van der Waals surface area contributed by atoms with E-state index in [-0.39, 0.29) is 92.8 Å². The van der Waals surface area contributed by atoms with Crippen LogP contribution in [0.1, 0.15) is 134 Å². The number of hydrogen-bond acceptors (Lipinski definition) is 17. The fourth-order valence-corrected chi connectivity index (χ4v) is 17.0. The van der Waals surface area contributed by atoms with E-state index in [2.05, 4.69) is 24.8 Å². The number of piperidine rings is 2. The normalized spacial score (nSPS) is 24.7. The zero-order valence-electron chi connectivity index (χ0n) is 61.7. The molecule has 0 aliphatic carbocycles. The number of likely N-dealkylation sites (tertiary alicyclic amines) is 3. The standard InChI is InChI=1S/C37H43F4N5O4.C37H47F4N3O5.C5H5ClN2/c1-5-24-19-45(20-30(24)29-11-8-27(37(39,40)41)18-32(29)44-16-13-26(14-17-44)34(47)50-4)35(48)36(38)22-46(33-12-15-42-23(2)43-33)21-31(36)25-6-9-28(49-3)10-7-25;1-4-24-20-43(21-31(24)30-10-7-27(37(39,40)41)19-33(30)42-15-11-26(12-16-42)34(45)48-3)35(46)36(38)23-44(28-13-17-49-18-14-28)22-32(36)25-5-8-29(47-2)9-6-25;1-4-7-3-2-5(6)8-4/h6-12,15,18,24,26,30-31H,5,13-14,16-17,19-22H2,1-4H3;5-10,19,24,26,28,31-32H,4,11-18,20-23H2,1-3H3;2-3H,1H3/t24-,30-,31-,36-;24-,31-,32-,36-;/m00./s1. The van der Waals surface area contributed by atoms with E-state index in [0.717, 1.165) is 36.1 Å². The van der Waals surface area contributed by atoms with E-state index in [1.54, 1.807) is 110 Å². The molecule has 0 N–H and O–H groups in total. The SMILES string of the molecule is CC[C@H]1CN(C(=O)[C@]2(F)CN(C3CCOCC3)C[C@H]2c2ccc(OC)cc2)C[C@@H]1c1ccc(C(F)(F)F)cc1N1CCC(C(=O)OC)CC1.CC[C@H]1CN(C(=O)[C@]2(F)CN(c3ccnc(C)n3)C[C@H]2c2ccc(OC)cc2)C[C@@H]1c1ccc(C(F)(F)F)cc1N1CCC(C(=O)OC)CC1.Cc1nccc(Cl)n1. The van der Waals surface area contributed by atoms with Crippen molar-refractivity contribution in [2.75, 3.05) is 135 Å². The van der Waals surface area contributed by atoms with Crippen LogP contribution in [0.5, 0.6) is 11.5 Å². The van der Waals surface area contributed by atoms with Gasteiger partial charge in [-0.3, -0.25) is 24.1 Å². The van der Waals surface area contributed by atoms with E-state index in [4.69, 9.17) is 35.3 Å². The molecule has 9 heterocycles. The zero-order valence-corrected chi connectivity index (χ0v) is 62.4. The van der Waals surface area contributed by atoms with Gasteiger partial charge in [0.2, 0.25) is 11.3 Å². The number of rotatable bonds is 16. The third kappa shape index (κ3) is 17.8. The second-order valence-corrected chi connectivity index (χ2v) is 29.4. The highest BCUT2D eigenvalue weighted by Gasteiger charge is 2.59. The molecule has 0 unspecified atom stereocenters. The highest BCUT2D eigenvalue weighted by Crippen LogP contribution is 2.50. The Morgan fingerprint density at radius 2 is 0.963 bits per heavy atom. The van der Waals surface area contributed by atoms with Crippen molar-refractivity contribution in [3.05, 3.63) is 160 Å². The molecule has 13 rings (SSSR count). The number of carbonyl (C=O) groups excluding carboxylic acids is 4. The molecule has 8 atom stereocenters. The summed E-state index contributed by atoms with van der Waals surface area (Å²) in [6, 6.07) is 25.4. The van der Waals surface area contributed by atoms with Crippen LogP contribution in [0.3, 0.4) is 0 Å². The second-order valence-electron chi connectivity index (χ2n) is 29.0. The van der Waals surface area contributed by atoms with E-state index in [1.807, 2.05) is 35.8 Å². The number of aromatic nitrogens is 4. The maximum Gasteiger partial charge on any atom is 0.416 e. The molecule has 0 bridgehead atoms. The first-order valence-electron chi connectivity index (χ1n) is 36.7. The summed E-state index contributed by atoms with van der Waals surface area (Å²) in [7, 11) is 5.79. The summed E-state index contributed by atoms with van der Waals surface area (Å²) in [6.45, 7) is 11.7. The van der Waals surface area contributed by atoms with Crippen molar-refractivity contribution in [1.29, 1.82) is 0 Å². The molecular weight excluding hydrogens is 1420 g/mol. The molecule has 19 nitrogen and oxygen atoms in total. The number of anilines is 3. The fourth-order valence-electron chi connectivity index (χ4n) is 16.9. The first-order chi connectivity index (χ1) is 51.1. The molecule has 6 aromatic rings. The molecule has 0 spiro atoms. The highest BCUT2D eigenvalue weighted by molar-refractivity contribution is 6.29. The van der Waals surface area contributed by atoms with Crippen LogP contribution in [-0.2, 0) is 45.7 Å². The van der Waals surface area contributed by atoms with Crippen molar-refractivity contribution < 1.29 is 78.0 Å². The Morgan fingerprint density at radius 1 is 0.533 bits per heavy atom. The number of amides is 2. The monoisotopic (exact) mass is 1510 g/mol. The van der Waals surface area contributed by atoms with Gasteiger partial charge in [-0.15, -0.1) is 0 Å². The number of halogens is 9. The first-order valence-corrected chi connectivity index (χ1v) is 37.1. The molecule has 7 aliphatic heterocycles. The molecule has 578 valence electrons. The number of esters is 2. The van der Waals surface area contributed by atoms with Gasteiger partial charge in [-0.25, -0.2) is 28.7 Å². The Hall–Kier alpha value is -8.43. The lowest BCUT2D eigenvalue weighted by atomic mass is 9.84. The topological polar surface area (TPSA) is 185 Å². The van der Waals surface area contributed by atoms with Crippen molar-refractivity contribution in [3.8, 4) is 11.5 Å². The largest absolute Gasteiger partial charge is 0.497 e. The van der Waals surface area contributed by atoms with Gasteiger partial charge < -0.3 is 48.2 Å². The van der Waals surface area contributed by atoms with Gasteiger partial charge in [0.05, 0.1) is 57.9 Å². The summed E-state index contributed by atoms with van der Waals surface area (Å²) < 4.78 is 145. The summed E-state index contributed by atoms with van der Waals surface area (Å²) in [4.78, 5) is 80.6. The maximum absolute atomic E-state index is 17.7. The Morgan fingerprint density at radius 3 is 1.36 bits per heavy atom. The van der Waals surface area contributed by atoms with Gasteiger partial charge in [-0.2, -0.15) is 26.3 Å². The number of methoxy groups -OCH3 is 4. The molecule has 107 heavy (non-hydrogen) atoms. The van der Waals surface area contributed by atoms with Gasteiger partial charge in [0.25, 0.3) is 11.8 Å². The number of nitrogens with zero attached hydrogens (tertiary/aromatic N) is 10. The molecule has 28 heteroatoms. The zero-order chi connectivity index (χ0) is 76.7. The Balaban J connectivity index is 0.000000193. The molecule has 7 fully saturated rings. The van der Waals surface area contributed by atoms with Crippen LogP contribution in [0.2, 0.25) is 5.15 Å². The summed E-state index contributed by atoms with van der Waals surface area (Å²) >= 11 is 5.49. The number of ether oxygens (including phenoxy) is 5. The predicted molar refractivity (Wildman–Crippen MR) is 388 cm³/mol. The smallest absolute Gasteiger partial charge is 0.416 e. The van der Waals surface area contributed by atoms with E-state index in [1.165, 1.54) is 32.4 Å². The van der Waals surface area contributed by atoms with Crippen LogP contribution in [0.15, 0.2) is 109 Å². The van der Waals surface area contributed by atoms with E-state index >= 15 is 8.78 Å². The maximum atomic E-state index is 17.7. The van der Waals surface area contributed by atoms with Gasteiger partial charge in [0, 0.05) is 139 Å². The van der Waals surface area contributed by atoms with E-state index < -0.39 is 58.5 Å². The number of benzene rings is 4. The van der Waals surface area contributed by atoms with Crippen LogP contribution >= 0.6 is 11.6 Å². The summed E-state index contributed by atoms with van der Waals surface area (Å²) in [5, 5.41) is 0.498. The summed E-state index contributed by atoms with van der Waals surface area (Å²) in [5.41, 5.74) is -2.29. The lowest BCUT2D eigenvalue weighted by Crippen LogP contribution is -2.50. The van der Waals surface area contributed by atoms with Crippen LogP contribution in [0, 0.1) is 37.5 Å². The molecule has 7 aliphatic rings. The highest BCUT2D eigenvalue weighted by atomic mass is 35.5. The molecule has 0 radical (unpaired) electrons. The average Bonchev–Trinajstić information content (AvgIpc) is 1.61. The van der Waals surface area contributed by atoms with Gasteiger partial charge >= 0.3 is 24.3 Å². The lowest BCUT2D eigenvalue weighted by Gasteiger charge is -2.35. The molecule has 0 saturated carbocycles. The van der Waals surface area contributed by atoms with Crippen LogP contribution in [0.4, 0.5) is 52.3 Å². The van der Waals surface area contributed by atoms with Crippen molar-refractivity contribution >= 4 is 52.5 Å². The third-order valence-corrected chi connectivity index (χ3v) is 23.0. The first kappa shape index (κ1) is 79.6. The number of alkyl halides is 8. The number of hydrogen-bond donors (Lipinski definition) is 0. The average molecular weight is 1520 g/mol. The minimum absolute atomic E-state index is 0.0220. The Bertz CT molecular complexity index is 4030. The quantitative estimate of drug-likeness (QED) is 0.0505. The lowest BCUT2D eigenvalue weighted by molar-refractivity contribution is -0.146. The minimum atomic E-state index is -4.55. The number of carbonyl (C=O) groups is 4. The van der Waals surface area contributed by atoms with Crippen molar-refractivity contribution in [2.24, 2.45) is 23.7 Å². The fraction of sp³-hybridized carbons (Fsp3) is 0.544. The van der Waals surface area contributed by atoms with E-state index in [9.17, 15) is 45.5 Å². The Labute approximate surface area is 624 Å². The van der Waals surface area contributed by atoms with Gasteiger partial charge in [-0.05, 0) is 147 Å². The number of aryl methyl sites for hydroxylation is 2. The van der Waals surface area contributed by atoms with Crippen molar-refractivity contribution in [2.45, 2.75) is 132 Å². The van der Waals surface area contributed by atoms with Crippen LogP contribution in [0.25, 0.3) is 0 Å². The summed E-state index contributed by atoms with van der Waals surface area (Å²) in [5.74, 6) is -1.69. The molecule has 2 aromatic heterocycles. The molecule has 4 aromatic carbocycles. The van der Waals surface area contributed by atoms with Crippen molar-refractivity contribution in [3.63, 3.8) is 0 Å². The summed E-state index contributed by atoms with van der Waals surface area (Å²) in [6.07, 6.45) is -1.13. The van der Waals surface area contributed by atoms with Gasteiger partial charge in [0.1, 0.15) is 34.1 Å². The molecular formula is C79H95ClF8N10O9. The predicted octanol–water partition coefficient (Wildman–Crippen LogP) is 13.6. The van der Waals surface area contributed by atoms with Crippen molar-refractivity contribution in [1.82, 2.24) is 34.6 Å². The Kier molecular flexibility index (Phi) is 25.3. The van der Waals surface area contributed by atoms with Gasteiger partial charge in [-0.1, -0.05) is 74.7 Å². The third-order valence-electron chi connectivity index (χ3n) is 22.8. The minimum Gasteiger partial charge on any atom is -0.497 e. The van der Waals surface area contributed by atoms with E-state index in [0.29, 0.717) is 148 Å². The molecule has 7 saturated heterocycles.